The molecule has 3 amide bonds. The first-order valence-electron chi connectivity index (χ1n) is 13.6. The third-order valence-corrected chi connectivity index (χ3v) is 6.72. The smallest absolute Gasteiger partial charge is 0.408 e. The van der Waals surface area contributed by atoms with Crippen LogP contribution in [0.2, 0.25) is 5.02 Å². The van der Waals surface area contributed by atoms with E-state index in [-0.39, 0.29) is 23.8 Å². The maximum atomic E-state index is 14.3. The Hall–Kier alpha value is -3.06. The van der Waals surface area contributed by atoms with Gasteiger partial charge < -0.3 is 20.3 Å². The highest BCUT2D eigenvalue weighted by Gasteiger charge is 2.39. The van der Waals surface area contributed by atoms with Crippen LogP contribution >= 0.6 is 11.6 Å². The number of amides is 3. The molecule has 0 spiro atoms. The third-order valence-electron chi connectivity index (χ3n) is 6.41. The summed E-state index contributed by atoms with van der Waals surface area (Å²) in [7, 11) is 0. The van der Waals surface area contributed by atoms with Crippen molar-refractivity contribution in [1.29, 1.82) is 0 Å². The predicted octanol–water partition coefficient (Wildman–Crippen LogP) is 7.20. The van der Waals surface area contributed by atoms with Crippen LogP contribution in [0.4, 0.5) is 10.5 Å². The first-order valence-corrected chi connectivity index (χ1v) is 14.0. The van der Waals surface area contributed by atoms with Crippen LogP contribution in [-0.4, -0.2) is 40.5 Å². The van der Waals surface area contributed by atoms with E-state index in [1.165, 1.54) is 0 Å². The molecule has 0 saturated heterocycles. The van der Waals surface area contributed by atoms with Gasteiger partial charge in [-0.1, -0.05) is 74.3 Å². The number of benzene rings is 2. The molecule has 39 heavy (non-hydrogen) atoms. The summed E-state index contributed by atoms with van der Waals surface area (Å²) >= 11 is 6.44. The van der Waals surface area contributed by atoms with Crippen LogP contribution in [0.3, 0.4) is 0 Å². The summed E-state index contributed by atoms with van der Waals surface area (Å²) in [5.74, 6) is -0.630. The van der Waals surface area contributed by atoms with Gasteiger partial charge in [-0.05, 0) is 77.5 Å². The molecule has 7 nitrogen and oxygen atoms in total. The monoisotopic (exact) mass is 557 g/mol. The number of nitrogens with zero attached hydrogens (tertiary/aromatic N) is 1. The molecule has 2 aromatic rings. The number of halogens is 1. The largest absolute Gasteiger partial charge is 0.444 e. The van der Waals surface area contributed by atoms with E-state index >= 15 is 0 Å². The summed E-state index contributed by atoms with van der Waals surface area (Å²) in [5.41, 5.74) is 2.29. The van der Waals surface area contributed by atoms with Crippen LogP contribution in [0.1, 0.15) is 84.0 Å². The van der Waals surface area contributed by atoms with E-state index in [2.05, 4.69) is 10.6 Å². The molecule has 0 saturated carbocycles. The van der Waals surface area contributed by atoms with Crippen LogP contribution in [0.25, 0.3) is 0 Å². The highest BCUT2D eigenvalue weighted by Crippen LogP contribution is 2.31. The van der Waals surface area contributed by atoms with Crippen LogP contribution in [0.5, 0.6) is 0 Å². The molecule has 0 aliphatic carbocycles. The number of aryl methyl sites for hydroxylation is 2. The Kier molecular flexibility index (Phi) is 11.4. The summed E-state index contributed by atoms with van der Waals surface area (Å²) in [6.07, 6.45) is 0.318. The number of alkyl carbamates (subject to hydrolysis) is 1. The predicted molar refractivity (Wildman–Crippen MR) is 158 cm³/mol. The van der Waals surface area contributed by atoms with E-state index in [0.717, 1.165) is 11.1 Å². The second-order valence-corrected chi connectivity index (χ2v) is 12.0. The van der Waals surface area contributed by atoms with E-state index in [4.69, 9.17) is 16.3 Å². The lowest BCUT2D eigenvalue weighted by atomic mass is 9.96. The Balaban J connectivity index is 2.60. The van der Waals surface area contributed by atoms with Gasteiger partial charge in [-0.15, -0.1) is 0 Å². The number of carbonyl (C=O) groups excluding carboxylic acids is 3. The molecule has 0 bridgehead atoms. The molecular formula is C31H44ClN3O4. The molecule has 214 valence electrons. The van der Waals surface area contributed by atoms with Crippen molar-refractivity contribution in [1.82, 2.24) is 10.2 Å². The fourth-order valence-corrected chi connectivity index (χ4v) is 4.56. The van der Waals surface area contributed by atoms with Crippen molar-refractivity contribution in [3.63, 3.8) is 0 Å². The van der Waals surface area contributed by atoms with Crippen LogP contribution < -0.4 is 10.6 Å². The number of anilines is 1. The average Bonchev–Trinajstić information content (AvgIpc) is 2.82. The fourth-order valence-electron chi connectivity index (χ4n) is 4.29. The van der Waals surface area contributed by atoms with Gasteiger partial charge in [0.2, 0.25) is 5.91 Å². The first-order chi connectivity index (χ1) is 18.1. The summed E-state index contributed by atoms with van der Waals surface area (Å²) in [4.78, 5) is 42.7. The van der Waals surface area contributed by atoms with Crippen molar-refractivity contribution in [2.75, 3.05) is 5.32 Å². The Morgan fingerprint density at radius 3 is 2.13 bits per heavy atom. The van der Waals surface area contributed by atoms with E-state index in [1.807, 2.05) is 77.9 Å². The molecule has 0 radical (unpaired) electrons. The molecule has 0 fully saturated rings. The minimum absolute atomic E-state index is 0.102. The van der Waals surface area contributed by atoms with Crippen LogP contribution in [0, 0.1) is 19.8 Å². The minimum Gasteiger partial charge on any atom is -0.444 e. The van der Waals surface area contributed by atoms with Crippen molar-refractivity contribution in [2.24, 2.45) is 5.92 Å². The molecule has 3 unspecified atom stereocenters. The maximum absolute atomic E-state index is 14.3. The SMILES string of the molecule is CCC(C)N(C(=O)C(CC(C)C)NC(=O)OC(C)(C)C)C(C(=O)Nc1c(C)cccc1Cl)c1ccc(C)cc1. The lowest BCUT2D eigenvalue weighted by Gasteiger charge is -2.38. The molecule has 2 rings (SSSR count). The van der Waals surface area contributed by atoms with Crippen molar-refractivity contribution < 1.29 is 19.1 Å². The van der Waals surface area contributed by atoms with Gasteiger partial charge in [0, 0.05) is 6.04 Å². The molecule has 2 aromatic carbocycles. The zero-order valence-corrected chi connectivity index (χ0v) is 25.5. The van der Waals surface area contributed by atoms with Crippen molar-refractivity contribution in [3.05, 3.63) is 64.2 Å². The molecule has 2 N–H and O–H groups in total. The normalized spacial score (nSPS) is 13.8. The number of para-hydroxylation sites is 1. The number of hydrogen-bond donors (Lipinski definition) is 2. The topological polar surface area (TPSA) is 87.7 Å². The fraction of sp³-hybridized carbons (Fsp3) is 0.516. The van der Waals surface area contributed by atoms with Crippen molar-refractivity contribution in [2.45, 2.75) is 98.9 Å². The number of rotatable bonds is 10. The second-order valence-electron chi connectivity index (χ2n) is 11.6. The lowest BCUT2D eigenvalue weighted by Crippen LogP contribution is -2.55. The van der Waals surface area contributed by atoms with E-state index < -0.39 is 23.8 Å². The van der Waals surface area contributed by atoms with Gasteiger partial charge in [-0.3, -0.25) is 9.59 Å². The van der Waals surface area contributed by atoms with Crippen molar-refractivity contribution >= 4 is 35.2 Å². The summed E-state index contributed by atoms with van der Waals surface area (Å²) in [6, 6.07) is 10.8. The number of nitrogens with one attached hydrogen (secondary N) is 2. The molecule has 0 heterocycles. The quantitative estimate of drug-likeness (QED) is 0.323. The van der Waals surface area contributed by atoms with Gasteiger partial charge in [0.1, 0.15) is 17.7 Å². The zero-order chi connectivity index (χ0) is 29.5. The molecular weight excluding hydrogens is 514 g/mol. The summed E-state index contributed by atoms with van der Waals surface area (Å²) in [5, 5.41) is 6.18. The minimum atomic E-state index is -0.959. The van der Waals surface area contributed by atoms with Gasteiger partial charge in [0.25, 0.3) is 5.91 Å². The van der Waals surface area contributed by atoms with Crippen LogP contribution in [-0.2, 0) is 14.3 Å². The van der Waals surface area contributed by atoms with Gasteiger partial charge in [-0.25, -0.2) is 4.79 Å². The number of hydrogen-bond acceptors (Lipinski definition) is 4. The third kappa shape index (κ3) is 9.27. The highest BCUT2D eigenvalue weighted by atomic mass is 35.5. The average molecular weight is 558 g/mol. The Bertz CT molecular complexity index is 1120. The first kappa shape index (κ1) is 32.2. The van der Waals surface area contributed by atoms with Crippen molar-refractivity contribution in [3.8, 4) is 0 Å². The van der Waals surface area contributed by atoms with Gasteiger partial charge >= 0.3 is 6.09 Å². The number of ether oxygens (including phenoxy) is 1. The molecule has 0 aliphatic heterocycles. The Morgan fingerprint density at radius 2 is 1.62 bits per heavy atom. The summed E-state index contributed by atoms with van der Waals surface area (Å²) < 4.78 is 5.46. The van der Waals surface area contributed by atoms with E-state index in [0.29, 0.717) is 29.1 Å². The Morgan fingerprint density at radius 1 is 1.00 bits per heavy atom. The molecule has 3 atom stereocenters. The van der Waals surface area contributed by atoms with Gasteiger partial charge in [0.15, 0.2) is 0 Å². The second kappa shape index (κ2) is 13.8. The molecule has 8 heteroatoms. The van der Waals surface area contributed by atoms with E-state index in [9.17, 15) is 14.4 Å². The molecule has 0 aromatic heterocycles. The van der Waals surface area contributed by atoms with Gasteiger partial charge in [0.05, 0.1) is 10.7 Å². The van der Waals surface area contributed by atoms with Crippen LogP contribution in [0.15, 0.2) is 42.5 Å². The zero-order valence-electron chi connectivity index (χ0n) is 24.7. The summed E-state index contributed by atoms with van der Waals surface area (Å²) in [6.45, 7) is 17.0. The number of carbonyl (C=O) groups is 3. The highest BCUT2D eigenvalue weighted by molar-refractivity contribution is 6.34. The molecule has 0 aliphatic rings. The van der Waals surface area contributed by atoms with Gasteiger partial charge in [-0.2, -0.15) is 0 Å². The Labute approximate surface area is 238 Å². The van der Waals surface area contributed by atoms with E-state index in [1.54, 1.807) is 31.7 Å². The lowest BCUT2D eigenvalue weighted by molar-refractivity contribution is -0.143. The standard InChI is InChI=1S/C31H44ClN3O4/c1-10-22(6)35(29(37)25(18-19(2)3)33-30(38)39-31(7,8)9)27(23-16-14-20(4)15-17-23)28(36)34-26-21(5)12-11-13-24(26)32/h11-17,19,22,25,27H,10,18H2,1-9H3,(H,33,38)(H,34,36). The maximum Gasteiger partial charge on any atom is 0.408 e.